The van der Waals surface area contributed by atoms with E-state index in [-0.39, 0.29) is 6.71 Å². The molecule has 0 bridgehead atoms. The Bertz CT molecular complexity index is 2100. The van der Waals surface area contributed by atoms with Gasteiger partial charge in [0.15, 0.2) is 0 Å². The van der Waals surface area contributed by atoms with E-state index in [1.807, 2.05) is 0 Å². The molecule has 162 valence electrons. The van der Waals surface area contributed by atoms with Crippen LogP contribution in [0.4, 0.5) is 0 Å². The normalized spacial score (nSPS) is 13.4. The first-order valence-electron chi connectivity index (χ1n) is 11.8. The summed E-state index contributed by atoms with van der Waals surface area (Å²) in [5, 5.41) is 5.21. The van der Waals surface area contributed by atoms with Gasteiger partial charge in [0.1, 0.15) is 0 Å². The maximum Gasteiger partial charge on any atom is 0.252 e. The maximum atomic E-state index is 3.86. The Labute approximate surface area is 218 Å². The van der Waals surface area contributed by atoms with E-state index in [0.29, 0.717) is 0 Å². The predicted molar refractivity (Wildman–Crippen MR) is 155 cm³/mol. The number of fused-ring (bicyclic) bond motifs is 10. The molecule has 5 heteroatoms. The quantitative estimate of drug-likeness (QED) is 0.182. The Hall–Kier alpha value is -3.28. The number of halogens is 2. The molecule has 0 saturated heterocycles. The monoisotopic (exact) mass is 572 g/mol. The van der Waals surface area contributed by atoms with E-state index in [9.17, 15) is 0 Å². The SMILES string of the molecule is Brc1ccc2c(c1)c1cccc3c1n2-c1cccc2c1B3c1cc(Br)cc3c4ccccc4n-2c13. The number of nitrogens with zero attached hydrogens (tertiary/aromatic N) is 2. The number of hydrogen-bond acceptors (Lipinski definition) is 0. The van der Waals surface area contributed by atoms with Gasteiger partial charge in [0.2, 0.25) is 0 Å². The molecule has 35 heavy (non-hydrogen) atoms. The Morgan fingerprint density at radius 2 is 1.20 bits per heavy atom. The molecule has 2 aliphatic heterocycles. The first-order chi connectivity index (χ1) is 17.2. The fourth-order valence-corrected chi connectivity index (χ4v) is 7.66. The molecule has 0 unspecified atom stereocenters. The van der Waals surface area contributed by atoms with E-state index in [0.717, 1.165) is 8.95 Å². The third kappa shape index (κ3) is 2.14. The summed E-state index contributed by atoms with van der Waals surface area (Å²) in [7, 11) is 0. The lowest BCUT2D eigenvalue weighted by Gasteiger charge is -2.33. The molecule has 2 nitrogen and oxygen atoms in total. The Balaban J connectivity index is 1.57. The molecule has 0 aliphatic carbocycles. The molecule has 2 aliphatic rings. The highest BCUT2D eigenvalue weighted by Gasteiger charge is 2.40. The van der Waals surface area contributed by atoms with Crippen LogP contribution in [0.15, 0.2) is 99.9 Å². The first kappa shape index (κ1) is 19.0. The minimum atomic E-state index is 0.182. The third-order valence-electron chi connectivity index (χ3n) is 8.00. The molecule has 9 rings (SSSR count). The molecule has 4 heterocycles. The average molecular weight is 574 g/mol. The van der Waals surface area contributed by atoms with Crippen molar-refractivity contribution in [3.8, 4) is 11.4 Å². The molecule has 7 aromatic rings. The highest BCUT2D eigenvalue weighted by molar-refractivity contribution is 9.10. The minimum Gasteiger partial charge on any atom is -0.310 e. The summed E-state index contributed by atoms with van der Waals surface area (Å²) in [6.45, 7) is 0.182. The van der Waals surface area contributed by atoms with Crippen LogP contribution in [-0.2, 0) is 0 Å². The van der Waals surface area contributed by atoms with E-state index in [1.165, 1.54) is 71.4 Å². The van der Waals surface area contributed by atoms with Crippen LogP contribution >= 0.6 is 31.9 Å². The molecule has 0 saturated carbocycles. The van der Waals surface area contributed by atoms with Gasteiger partial charge in [0, 0.05) is 52.9 Å². The van der Waals surface area contributed by atoms with Crippen molar-refractivity contribution in [1.82, 2.24) is 9.13 Å². The van der Waals surface area contributed by atoms with Gasteiger partial charge in [-0.05, 0) is 58.9 Å². The van der Waals surface area contributed by atoms with Crippen LogP contribution in [0.25, 0.3) is 55.0 Å². The summed E-state index contributed by atoms with van der Waals surface area (Å²) >= 11 is 7.57. The minimum absolute atomic E-state index is 0.182. The highest BCUT2D eigenvalue weighted by Crippen LogP contribution is 2.39. The molecule has 0 radical (unpaired) electrons. The molecule has 0 amide bonds. The maximum absolute atomic E-state index is 3.86. The van der Waals surface area contributed by atoms with Crippen molar-refractivity contribution in [2.45, 2.75) is 0 Å². The first-order valence-corrected chi connectivity index (χ1v) is 13.4. The van der Waals surface area contributed by atoms with Crippen LogP contribution in [0.3, 0.4) is 0 Å². The Morgan fingerprint density at radius 1 is 0.514 bits per heavy atom. The molecular weight excluding hydrogens is 559 g/mol. The zero-order valence-corrected chi connectivity index (χ0v) is 21.6. The van der Waals surface area contributed by atoms with Crippen LogP contribution in [0.5, 0.6) is 0 Å². The number of aromatic nitrogens is 2. The van der Waals surface area contributed by atoms with E-state index < -0.39 is 0 Å². The molecular formula is C30H15BBr2N2. The summed E-state index contributed by atoms with van der Waals surface area (Å²) < 4.78 is 7.23. The number of benzene rings is 5. The molecule has 0 spiro atoms. The van der Waals surface area contributed by atoms with Crippen LogP contribution in [0, 0.1) is 0 Å². The number of hydrogen-bond donors (Lipinski definition) is 0. The van der Waals surface area contributed by atoms with Crippen molar-refractivity contribution >= 4 is 98.6 Å². The van der Waals surface area contributed by atoms with Gasteiger partial charge in [-0.2, -0.15) is 0 Å². The van der Waals surface area contributed by atoms with Crippen molar-refractivity contribution in [3.05, 3.63) is 99.9 Å². The smallest absolute Gasteiger partial charge is 0.252 e. The van der Waals surface area contributed by atoms with Crippen molar-refractivity contribution in [2.75, 3.05) is 0 Å². The molecule has 2 aromatic heterocycles. The number of para-hydroxylation sites is 2. The van der Waals surface area contributed by atoms with E-state index in [2.05, 4.69) is 132 Å². The van der Waals surface area contributed by atoms with Crippen molar-refractivity contribution < 1.29 is 0 Å². The van der Waals surface area contributed by atoms with Crippen molar-refractivity contribution in [1.29, 1.82) is 0 Å². The van der Waals surface area contributed by atoms with E-state index in [1.54, 1.807) is 0 Å². The second-order valence-electron chi connectivity index (χ2n) is 9.63. The summed E-state index contributed by atoms with van der Waals surface area (Å²) in [6, 6.07) is 33.8. The van der Waals surface area contributed by atoms with Crippen molar-refractivity contribution in [2.24, 2.45) is 0 Å². The summed E-state index contributed by atoms with van der Waals surface area (Å²) in [5.74, 6) is 0. The Kier molecular flexibility index (Phi) is 3.41. The van der Waals surface area contributed by atoms with Gasteiger partial charge in [-0.3, -0.25) is 0 Å². The lowest BCUT2D eigenvalue weighted by atomic mass is 9.34. The predicted octanol–water partition coefficient (Wildman–Crippen LogP) is 6.55. The van der Waals surface area contributed by atoms with Crippen LogP contribution in [0.2, 0.25) is 0 Å². The summed E-state index contributed by atoms with van der Waals surface area (Å²) in [6.07, 6.45) is 0. The van der Waals surface area contributed by atoms with Gasteiger partial charge < -0.3 is 9.13 Å². The van der Waals surface area contributed by atoms with Gasteiger partial charge in [0.25, 0.3) is 6.71 Å². The summed E-state index contributed by atoms with van der Waals surface area (Å²) in [4.78, 5) is 0. The van der Waals surface area contributed by atoms with Crippen molar-refractivity contribution in [3.63, 3.8) is 0 Å². The lowest BCUT2D eigenvalue weighted by Crippen LogP contribution is -2.59. The molecule has 5 aromatic carbocycles. The fraction of sp³-hybridized carbons (Fsp3) is 0. The van der Waals surface area contributed by atoms with Gasteiger partial charge in [-0.15, -0.1) is 0 Å². The van der Waals surface area contributed by atoms with Gasteiger partial charge in [-0.25, -0.2) is 0 Å². The number of rotatable bonds is 0. The average Bonchev–Trinajstić information content (AvgIpc) is 3.38. The van der Waals surface area contributed by atoms with Crippen LogP contribution in [0.1, 0.15) is 0 Å². The topological polar surface area (TPSA) is 9.86 Å². The second kappa shape index (κ2) is 6.28. The van der Waals surface area contributed by atoms with Gasteiger partial charge >= 0.3 is 0 Å². The molecule has 0 atom stereocenters. The largest absolute Gasteiger partial charge is 0.310 e. The van der Waals surface area contributed by atoms with Crippen LogP contribution < -0.4 is 16.4 Å². The van der Waals surface area contributed by atoms with E-state index in [4.69, 9.17) is 0 Å². The second-order valence-corrected chi connectivity index (χ2v) is 11.5. The van der Waals surface area contributed by atoms with Crippen LogP contribution in [-0.4, -0.2) is 15.8 Å². The zero-order valence-electron chi connectivity index (χ0n) is 18.4. The standard InChI is InChI=1S/C30H15BBr2N2/c32-16-11-12-25-20(13-16)19-6-3-7-22-29(19)35(25)27-10-4-9-26-28(27)31(22)23-15-17(33)14-21-18-5-1-2-8-24(18)34(26)30(21)23/h1-15H. The molecule has 0 N–H and O–H groups in total. The fourth-order valence-electron chi connectivity index (χ4n) is 6.82. The van der Waals surface area contributed by atoms with E-state index >= 15 is 0 Å². The lowest BCUT2D eigenvalue weighted by molar-refractivity contribution is 1.14. The van der Waals surface area contributed by atoms with Gasteiger partial charge in [0.05, 0.1) is 11.0 Å². The summed E-state index contributed by atoms with van der Waals surface area (Å²) in [5.41, 5.74) is 11.9. The third-order valence-corrected chi connectivity index (χ3v) is 8.95. The zero-order chi connectivity index (χ0) is 23.0. The van der Waals surface area contributed by atoms with Gasteiger partial charge in [-0.1, -0.05) is 80.4 Å². The molecule has 0 fully saturated rings. The highest BCUT2D eigenvalue weighted by atomic mass is 79.9. The Morgan fingerprint density at radius 3 is 2.06 bits per heavy atom.